The topological polar surface area (TPSA) is 106 Å². The van der Waals surface area contributed by atoms with Gasteiger partial charge >= 0.3 is 6.18 Å². The maximum atomic E-state index is 13.2. The first kappa shape index (κ1) is 18.4. The molecule has 2 aromatic carbocycles. The lowest BCUT2D eigenvalue weighted by Crippen LogP contribution is -2.16. The van der Waals surface area contributed by atoms with Gasteiger partial charge in [0.25, 0.3) is 5.56 Å². The number of fused-ring (bicyclic) bond motifs is 1. The number of sulfonamides is 1. The second-order valence-electron chi connectivity index (χ2n) is 5.30. The molecule has 0 aliphatic carbocycles. The smallest absolute Gasteiger partial charge is 0.306 e. The van der Waals surface area contributed by atoms with Crippen molar-refractivity contribution in [3.8, 4) is 11.4 Å². The molecule has 3 N–H and O–H groups in total. The summed E-state index contributed by atoms with van der Waals surface area (Å²) in [6.07, 6.45) is -4.65. The standard InChI is InChI=1S/C15H9ClF3N3O3S/c16-10-6-11-8(5-12(10)26(20,24)25)14(23)22-13(21-11)7-3-1-2-4-9(7)15(17,18)19/h1-6H,(H2,20,24,25)(H,21,22,23). The second kappa shape index (κ2) is 6.08. The lowest BCUT2D eigenvalue weighted by Gasteiger charge is -2.12. The highest BCUT2D eigenvalue weighted by Crippen LogP contribution is 2.36. The second-order valence-corrected chi connectivity index (χ2v) is 7.24. The third kappa shape index (κ3) is 3.30. The number of benzene rings is 2. The van der Waals surface area contributed by atoms with E-state index in [9.17, 15) is 26.4 Å². The summed E-state index contributed by atoms with van der Waals surface area (Å²) in [7, 11) is -4.19. The zero-order valence-corrected chi connectivity index (χ0v) is 14.2. The van der Waals surface area contributed by atoms with Gasteiger partial charge in [0.1, 0.15) is 10.7 Å². The van der Waals surface area contributed by atoms with Crippen molar-refractivity contribution < 1.29 is 21.6 Å². The molecule has 0 bridgehead atoms. The fourth-order valence-electron chi connectivity index (χ4n) is 2.42. The number of nitrogens with one attached hydrogen (secondary N) is 1. The van der Waals surface area contributed by atoms with Crippen molar-refractivity contribution in [1.29, 1.82) is 0 Å². The number of hydrogen-bond acceptors (Lipinski definition) is 4. The number of hydrogen-bond donors (Lipinski definition) is 2. The zero-order chi connectivity index (χ0) is 19.3. The molecule has 0 fully saturated rings. The van der Waals surface area contributed by atoms with Gasteiger partial charge in [-0.15, -0.1) is 0 Å². The molecule has 3 aromatic rings. The molecule has 0 aliphatic rings. The van der Waals surface area contributed by atoms with Gasteiger partial charge in [0, 0.05) is 5.56 Å². The van der Waals surface area contributed by atoms with Crippen LogP contribution in [-0.4, -0.2) is 18.4 Å². The fraction of sp³-hybridized carbons (Fsp3) is 0.0667. The third-order valence-corrected chi connectivity index (χ3v) is 4.93. The molecule has 0 saturated heterocycles. The van der Waals surface area contributed by atoms with Crippen LogP contribution in [0.15, 0.2) is 46.1 Å². The van der Waals surface area contributed by atoms with Crippen LogP contribution in [0.3, 0.4) is 0 Å². The number of halogens is 4. The Bertz CT molecular complexity index is 1190. The minimum absolute atomic E-state index is 0.0712. The Morgan fingerprint density at radius 1 is 1.15 bits per heavy atom. The van der Waals surface area contributed by atoms with E-state index < -0.39 is 32.2 Å². The van der Waals surface area contributed by atoms with E-state index in [0.717, 1.165) is 24.3 Å². The first-order chi connectivity index (χ1) is 12.0. The molecule has 0 spiro atoms. The number of alkyl halides is 3. The van der Waals surface area contributed by atoms with E-state index in [1.165, 1.54) is 12.1 Å². The van der Waals surface area contributed by atoms with E-state index in [1.807, 2.05) is 0 Å². The number of aromatic amines is 1. The lowest BCUT2D eigenvalue weighted by atomic mass is 10.1. The normalized spacial score (nSPS) is 12.5. The highest BCUT2D eigenvalue weighted by atomic mass is 35.5. The molecule has 26 heavy (non-hydrogen) atoms. The predicted octanol–water partition coefficient (Wildman–Crippen LogP) is 2.91. The number of rotatable bonds is 2. The molecule has 11 heteroatoms. The highest BCUT2D eigenvalue weighted by Gasteiger charge is 2.34. The quantitative estimate of drug-likeness (QED) is 0.686. The molecule has 0 amide bonds. The van der Waals surface area contributed by atoms with Crippen LogP contribution in [0.1, 0.15) is 5.56 Å². The average molecular weight is 404 g/mol. The van der Waals surface area contributed by atoms with Crippen LogP contribution < -0.4 is 10.7 Å². The molecule has 0 radical (unpaired) electrons. The Kier molecular flexibility index (Phi) is 4.29. The van der Waals surface area contributed by atoms with Crippen molar-refractivity contribution in [1.82, 2.24) is 9.97 Å². The number of H-pyrrole nitrogens is 1. The minimum Gasteiger partial charge on any atom is -0.306 e. The summed E-state index contributed by atoms with van der Waals surface area (Å²) in [5.41, 5.74) is -2.21. The maximum absolute atomic E-state index is 13.2. The van der Waals surface area contributed by atoms with E-state index in [0.29, 0.717) is 0 Å². The molecular formula is C15H9ClF3N3O3S. The molecule has 6 nitrogen and oxygen atoms in total. The number of primary sulfonamides is 1. The monoisotopic (exact) mass is 403 g/mol. The predicted molar refractivity (Wildman–Crippen MR) is 89.2 cm³/mol. The van der Waals surface area contributed by atoms with Gasteiger partial charge in [-0.1, -0.05) is 29.8 Å². The Balaban J connectivity index is 2.32. The van der Waals surface area contributed by atoms with Crippen LogP contribution in [0.4, 0.5) is 13.2 Å². The number of nitrogens with two attached hydrogens (primary N) is 1. The SMILES string of the molecule is NS(=O)(=O)c1cc2c(=O)[nH]c(-c3ccccc3C(F)(F)F)nc2cc1Cl. The van der Waals surface area contributed by atoms with Crippen molar-refractivity contribution in [2.45, 2.75) is 11.1 Å². The number of nitrogens with zero attached hydrogens (tertiary/aromatic N) is 1. The molecular weight excluding hydrogens is 395 g/mol. The van der Waals surface area contributed by atoms with Gasteiger partial charge in [0.15, 0.2) is 0 Å². The molecule has 1 heterocycles. The van der Waals surface area contributed by atoms with Gasteiger partial charge in [0.2, 0.25) is 10.0 Å². The van der Waals surface area contributed by atoms with Crippen LogP contribution in [-0.2, 0) is 16.2 Å². The third-order valence-electron chi connectivity index (χ3n) is 3.55. The first-order valence-corrected chi connectivity index (χ1v) is 8.84. The Morgan fingerprint density at radius 2 is 1.81 bits per heavy atom. The van der Waals surface area contributed by atoms with Crippen LogP contribution >= 0.6 is 11.6 Å². The van der Waals surface area contributed by atoms with Crippen LogP contribution in [0.25, 0.3) is 22.3 Å². The van der Waals surface area contributed by atoms with Gasteiger partial charge in [-0.3, -0.25) is 4.79 Å². The molecule has 0 unspecified atom stereocenters. The summed E-state index contributed by atoms with van der Waals surface area (Å²) in [4.78, 5) is 18.0. The van der Waals surface area contributed by atoms with E-state index in [-0.39, 0.29) is 27.3 Å². The first-order valence-electron chi connectivity index (χ1n) is 6.91. The molecule has 3 rings (SSSR count). The Labute approximate surface area is 149 Å². The van der Waals surface area contributed by atoms with E-state index in [4.69, 9.17) is 16.7 Å². The average Bonchev–Trinajstić information content (AvgIpc) is 2.52. The minimum atomic E-state index is -4.65. The van der Waals surface area contributed by atoms with Crippen molar-refractivity contribution in [3.63, 3.8) is 0 Å². The Morgan fingerprint density at radius 3 is 2.42 bits per heavy atom. The van der Waals surface area contributed by atoms with Crippen LogP contribution in [0.5, 0.6) is 0 Å². The summed E-state index contributed by atoms with van der Waals surface area (Å²) in [6.45, 7) is 0. The van der Waals surface area contributed by atoms with Gasteiger partial charge in [-0.25, -0.2) is 18.5 Å². The molecule has 0 saturated carbocycles. The van der Waals surface area contributed by atoms with Crippen molar-refractivity contribution in [2.24, 2.45) is 5.14 Å². The van der Waals surface area contributed by atoms with E-state index in [1.54, 1.807) is 0 Å². The van der Waals surface area contributed by atoms with Crippen LogP contribution in [0, 0.1) is 0 Å². The van der Waals surface area contributed by atoms with Gasteiger partial charge in [0.05, 0.1) is 21.5 Å². The van der Waals surface area contributed by atoms with Crippen LogP contribution in [0.2, 0.25) is 5.02 Å². The summed E-state index contributed by atoms with van der Waals surface area (Å²) >= 11 is 5.85. The summed E-state index contributed by atoms with van der Waals surface area (Å²) in [5.74, 6) is -0.324. The summed E-state index contributed by atoms with van der Waals surface area (Å²) < 4.78 is 62.5. The largest absolute Gasteiger partial charge is 0.417 e. The number of aromatic nitrogens is 2. The van der Waals surface area contributed by atoms with Gasteiger partial charge in [-0.2, -0.15) is 13.2 Å². The van der Waals surface area contributed by atoms with Crippen molar-refractivity contribution in [3.05, 3.63) is 57.3 Å². The molecule has 1 aromatic heterocycles. The summed E-state index contributed by atoms with van der Waals surface area (Å²) in [6, 6.07) is 6.58. The molecule has 0 atom stereocenters. The summed E-state index contributed by atoms with van der Waals surface area (Å²) in [5, 5.41) is 4.55. The van der Waals surface area contributed by atoms with Gasteiger partial charge in [-0.05, 0) is 18.2 Å². The molecule has 0 aliphatic heterocycles. The fourth-order valence-corrected chi connectivity index (χ4v) is 3.52. The lowest BCUT2D eigenvalue weighted by molar-refractivity contribution is -0.137. The van der Waals surface area contributed by atoms with Crippen molar-refractivity contribution in [2.75, 3.05) is 0 Å². The highest BCUT2D eigenvalue weighted by molar-refractivity contribution is 7.89. The van der Waals surface area contributed by atoms with Crippen molar-refractivity contribution >= 4 is 32.5 Å². The van der Waals surface area contributed by atoms with E-state index in [2.05, 4.69) is 9.97 Å². The van der Waals surface area contributed by atoms with Gasteiger partial charge < -0.3 is 4.98 Å². The maximum Gasteiger partial charge on any atom is 0.417 e. The molecule has 136 valence electrons. The Hall–Kier alpha value is -2.43. The zero-order valence-electron chi connectivity index (χ0n) is 12.6. The van der Waals surface area contributed by atoms with E-state index >= 15 is 0 Å².